The Morgan fingerprint density at radius 1 is 0.439 bits per heavy atom. The van der Waals surface area contributed by atoms with Crippen LogP contribution in [0, 0.1) is 0 Å². The molecule has 0 bridgehead atoms. The second-order valence-electron chi connectivity index (χ2n) is 15.1. The van der Waals surface area contributed by atoms with E-state index in [2.05, 4.69) is 121 Å². The highest BCUT2D eigenvalue weighted by Gasteiger charge is 2.29. The topological polar surface area (TPSA) is 65.0 Å². The van der Waals surface area contributed by atoms with Gasteiger partial charge in [0.25, 0.3) is 0 Å². The lowest BCUT2D eigenvalue weighted by atomic mass is 9.75. The fraction of sp³-hybridized carbons (Fsp3) is 0.0577. The summed E-state index contributed by atoms with van der Waals surface area (Å²) in [4.78, 5) is 15.6. The minimum atomic E-state index is 0.192. The summed E-state index contributed by atoms with van der Waals surface area (Å²) in [6, 6.07) is 59.5. The zero-order valence-electron chi connectivity index (χ0n) is 30.8. The van der Waals surface area contributed by atoms with E-state index in [0.29, 0.717) is 17.5 Å². The van der Waals surface area contributed by atoms with E-state index in [1.807, 2.05) is 48.5 Å². The second kappa shape index (κ2) is 12.6. The van der Waals surface area contributed by atoms with Gasteiger partial charge in [0.15, 0.2) is 17.5 Å². The van der Waals surface area contributed by atoms with Gasteiger partial charge in [-0.15, -0.1) is 0 Å². The van der Waals surface area contributed by atoms with Crippen LogP contribution in [0.5, 0.6) is 0 Å². The summed E-state index contributed by atoms with van der Waals surface area (Å²) in [5.74, 6) is 2.00. The third kappa shape index (κ3) is 5.20. The highest BCUT2D eigenvalue weighted by atomic mass is 16.3. The molecule has 0 aliphatic heterocycles. The molecule has 0 N–H and O–H groups in total. The fourth-order valence-corrected chi connectivity index (χ4v) is 9.07. The first-order valence-electron chi connectivity index (χ1n) is 19.5. The molecule has 5 nitrogen and oxygen atoms in total. The van der Waals surface area contributed by atoms with Crippen LogP contribution in [0.3, 0.4) is 0 Å². The molecule has 57 heavy (non-hydrogen) atoms. The Labute approximate surface area is 327 Å². The van der Waals surface area contributed by atoms with Gasteiger partial charge in [-0.2, -0.15) is 0 Å². The number of hydrogen-bond donors (Lipinski definition) is 0. The molecule has 0 saturated carbocycles. The minimum absolute atomic E-state index is 0.192. The highest BCUT2D eigenvalue weighted by molar-refractivity contribution is 6.08. The molecule has 3 aromatic heterocycles. The number of fused-ring (bicyclic) bond motifs is 10. The van der Waals surface area contributed by atoms with Crippen molar-refractivity contribution < 1.29 is 8.83 Å². The Hall–Kier alpha value is -7.37. The summed E-state index contributed by atoms with van der Waals surface area (Å²) < 4.78 is 13.1. The van der Waals surface area contributed by atoms with Crippen molar-refractivity contribution in [3.8, 4) is 45.3 Å². The van der Waals surface area contributed by atoms with Gasteiger partial charge in [0.1, 0.15) is 22.3 Å². The third-order valence-electron chi connectivity index (χ3n) is 11.8. The van der Waals surface area contributed by atoms with Crippen LogP contribution in [0.25, 0.3) is 99.9 Å². The fourth-order valence-electron chi connectivity index (χ4n) is 9.07. The number of benzene rings is 8. The molecule has 1 aliphatic carbocycles. The van der Waals surface area contributed by atoms with Crippen molar-refractivity contribution in [2.24, 2.45) is 0 Å². The molecule has 0 fully saturated rings. The monoisotopic (exact) mass is 731 g/mol. The van der Waals surface area contributed by atoms with Crippen molar-refractivity contribution in [1.82, 2.24) is 15.0 Å². The van der Waals surface area contributed by atoms with Gasteiger partial charge in [0.05, 0.1) is 0 Å². The number of para-hydroxylation sites is 2. The number of furan rings is 2. The van der Waals surface area contributed by atoms with Crippen LogP contribution in [-0.4, -0.2) is 15.0 Å². The molecule has 0 spiro atoms. The molecule has 1 aliphatic rings. The minimum Gasteiger partial charge on any atom is -0.456 e. The zero-order valence-corrected chi connectivity index (χ0v) is 30.8. The van der Waals surface area contributed by atoms with Crippen molar-refractivity contribution in [2.75, 3.05) is 0 Å². The molecule has 12 rings (SSSR count). The Morgan fingerprint density at radius 2 is 1.07 bits per heavy atom. The smallest absolute Gasteiger partial charge is 0.164 e. The summed E-state index contributed by atoms with van der Waals surface area (Å²) in [6.07, 6.45) is 1.64. The van der Waals surface area contributed by atoms with Crippen molar-refractivity contribution in [2.45, 2.75) is 18.8 Å². The Balaban J connectivity index is 1.07. The van der Waals surface area contributed by atoms with Gasteiger partial charge in [0.2, 0.25) is 0 Å². The maximum Gasteiger partial charge on any atom is 0.164 e. The third-order valence-corrected chi connectivity index (χ3v) is 11.8. The van der Waals surface area contributed by atoms with Crippen molar-refractivity contribution >= 4 is 54.6 Å². The molecule has 8 aromatic carbocycles. The predicted molar refractivity (Wildman–Crippen MR) is 230 cm³/mol. The van der Waals surface area contributed by atoms with Gasteiger partial charge in [-0.1, -0.05) is 133 Å². The van der Waals surface area contributed by atoms with Gasteiger partial charge >= 0.3 is 0 Å². The Bertz CT molecular complexity index is 3380. The van der Waals surface area contributed by atoms with Crippen molar-refractivity contribution in [3.63, 3.8) is 0 Å². The standard InChI is InChI=1S/C52H33N3O2/c1-2-12-31(13-3-1)50-53-51(34-22-23-41-39-18-8-10-20-46(39)56-48(41)30-34)55-52(54-50)43-25-24-42-40-19-9-11-21-47(40)57-49(42)45(43)29-36-27-35-26-32-14-4-5-15-33(32)28-44(35)38-17-7-6-16-37(36)38/h1-26,28,30,36H,27,29H2. The van der Waals surface area contributed by atoms with Crippen LogP contribution in [0.1, 0.15) is 22.6 Å². The number of hydrogen-bond acceptors (Lipinski definition) is 5. The van der Waals surface area contributed by atoms with E-state index in [0.717, 1.165) is 79.0 Å². The van der Waals surface area contributed by atoms with Gasteiger partial charge in [-0.3, -0.25) is 0 Å². The van der Waals surface area contributed by atoms with Crippen LogP contribution in [0.2, 0.25) is 0 Å². The van der Waals surface area contributed by atoms with E-state index >= 15 is 0 Å². The van der Waals surface area contributed by atoms with E-state index in [-0.39, 0.29) is 5.92 Å². The summed E-state index contributed by atoms with van der Waals surface area (Å²) in [7, 11) is 0. The van der Waals surface area contributed by atoms with Gasteiger partial charge in [-0.25, -0.2) is 15.0 Å². The molecule has 3 heterocycles. The van der Waals surface area contributed by atoms with E-state index < -0.39 is 0 Å². The molecule has 5 heteroatoms. The first-order chi connectivity index (χ1) is 28.2. The Kier molecular flexibility index (Phi) is 7.05. The predicted octanol–water partition coefficient (Wildman–Crippen LogP) is 13.4. The quantitative estimate of drug-likeness (QED) is 0.176. The molecular formula is C52H33N3O2. The van der Waals surface area contributed by atoms with Crippen LogP contribution in [0.15, 0.2) is 179 Å². The molecule has 0 saturated heterocycles. The number of nitrogens with zero attached hydrogens (tertiary/aromatic N) is 3. The lowest BCUT2D eigenvalue weighted by Crippen LogP contribution is -2.15. The highest BCUT2D eigenvalue weighted by Crippen LogP contribution is 2.45. The van der Waals surface area contributed by atoms with Crippen LogP contribution in [0.4, 0.5) is 0 Å². The van der Waals surface area contributed by atoms with Crippen molar-refractivity contribution in [1.29, 1.82) is 0 Å². The molecule has 1 unspecified atom stereocenters. The van der Waals surface area contributed by atoms with Gasteiger partial charge in [0, 0.05) is 43.8 Å². The average molecular weight is 732 g/mol. The summed E-state index contributed by atoms with van der Waals surface area (Å²) >= 11 is 0. The second-order valence-corrected chi connectivity index (χ2v) is 15.1. The SMILES string of the molecule is c1ccc(-c2nc(-c3ccc4c(c3)oc3ccccc34)nc(-c3ccc4c(oc5ccccc54)c3CC3Cc4cc5ccccc5cc4-c4ccccc43)n2)cc1. The lowest BCUT2D eigenvalue weighted by molar-refractivity contribution is 0.639. The Morgan fingerprint density at radius 3 is 1.91 bits per heavy atom. The average Bonchev–Trinajstić information content (AvgIpc) is 3.84. The van der Waals surface area contributed by atoms with E-state index in [4.69, 9.17) is 23.8 Å². The first-order valence-corrected chi connectivity index (χ1v) is 19.5. The molecule has 0 radical (unpaired) electrons. The normalized spacial score (nSPS) is 13.8. The summed E-state index contributed by atoms with van der Waals surface area (Å²) in [5.41, 5.74) is 12.5. The van der Waals surface area contributed by atoms with E-state index in [1.54, 1.807) is 0 Å². The van der Waals surface area contributed by atoms with Gasteiger partial charge < -0.3 is 8.83 Å². The van der Waals surface area contributed by atoms with E-state index in [9.17, 15) is 0 Å². The molecule has 268 valence electrons. The molecular weight excluding hydrogens is 699 g/mol. The molecule has 0 amide bonds. The first kappa shape index (κ1) is 31.9. The maximum absolute atomic E-state index is 6.83. The van der Waals surface area contributed by atoms with Crippen LogP contribution in [-0.2, 0) is 12.8 Å². The number of rotatable bonds is 5. The van der Waals surface area contributed by atoms with Gasteiger partial charge in [-0.05, 0) is 88.2 Å². The van der Waals surface area contributed by atoms with Crippen molar-refractivity contribution in [3.05, 3.63) is 187 Å². The largest absolute Gasteiger partial charge is 0.456 e. The van der Waals surface area contributed by atoms with Crippen LogP contribution < -0.4 is 0 Å². The lowest BCUT2D eigenvalue weighted by Gasteiger charge is -2.29. The number of aromatic nitrogens is 3. The summed E-state index contributed by atoms with van der Waals surface area (Å²) in [5, 5.41) is 6.87. The molecule has 1 atom stereocenters. The maximum atomic E-state index is 6.83. The summed E-state index contributed by atoms with van der Waals surface area (Å²) in [6.45, 7) is 0. The zero-order chi connectivity index (χ0) is 37.5. The van der Waals surface area contributed by atoms with Crippen LogP contribution >= 0.6 is 0 Å². The van der Waals surface area contributed by atoms with E-state index in [1.165, 1.54) is 33.0 Å². The molecule has 11 aromatic rings.